The highest BCUT2D eigenvalue weighted by Crippen LogP contribution is 2.38. The van der Waals surface area contributed by atoms with Crippen LogP contribution in [0.4, 0.5) is 5.69 Å². The van der Waals surface area contributed by atoms with Crippen LogP contribution in [0.2, 0.25) is 0 Å². The minimum absolute atomic E-state index is 0.159. The Morgan fingerprint density at radius 1 is 1.40 bits per heavy atom. The Hall–Kier alpha value is -1.45. The zero-order chi connectivity index (χ0) is 14.3. The summed E-state index contributed by atoms with van der Waals surface area (Å²) in [5.41, 5.74) is 7.78. The van der Waals surface area contributed by atoms with Gasteiger partial charge in [-0.05, 0) is 37.2 Å². The summed E-state index contributed by atoms with van der Waals surface area (Å²) >= 11 is 0. The Morgan fingerprint density at radius 3 is 2.60 bits per heavy atom. The molecule has 0 unspecified atom stereocenters. The number of hydrogen-bond acceptors (Lipinski definition) is 2. The summed E-state index contributed by atoms with van der Waals surface area (Å²) in [5, 5.41) is 0. The van der Waals surface area contributed by atoms with E-state index >= 15 is 0 Å². The summed E-state index contributed by atoms with van der Waals surface area (Å²) in [4.78, 5) is 14.7. The van der Waals surface area contributed by atoms with Crippen LogP contribution in [-0.2, 0) is 0 Å². The van der Waals surface area contributed by atoms with Gasteiger partial charge in [0.2, 0.25) is 0 Å². The van der Waals surface area contributed by atoms with Gasteiger partial charge in [0.25, 0.3) is 5.91 Å². The summed E-state index contributed by atoms with van der Waals surface area (Å²) in [6.07, 6.45) is 7.67. The van der Waals surface area contributed by atoms with Crippen molar-refractivity contribution >= 4 is 11.6 Å². The van der Waals surface area contributed by atoms with E-state index in [9.17, 15) is 4.79 Å². The quantitative estimate of drug-likeness (QED) is 0.921. The van der Waals surface area contributed by atoms with Gasteiger partial charge in [0.1, 0.15) is 5.69 Å². The molecule has 1 aromatic heterocycles. The number of hydrogen-bond donors (Lipinski definition) is 1. The summed E-state index contributed by atoms with van der Waals surface area (Å²) < 4.78 is 2.09. The lowest BCUT2D eigenvalue weighted by Crippen LogP contribution is -2.42. The molecule has 3 rings (SSSR count). The van der Waals surface area contributed by atoms with Crippen LogP contribution in [-0.4, -0.2) is 28.5 Å². The van der Waals surface area contributed by atoms with Gasteiger partial charge >= 0.3 is 0 Å². The molecule has 1 amide bonds. The second kappa shape index (κ2) is 4.83. The first-order chi connectivity index (χ1) is 9.52. The first-order valence-corrected chi connectivity index (χ1v) is 7.79. The van der Waals surface area contributed by atoms with Crippen LogP contribution >= 0.6 is 0 Å². The van der Waals surface area contributed by atoms with E-state index < -0.39 is 0 Å². The van der Waals surface area contributed by atoms with Gasteiger partial charge in [-0.15, -0.1) is 0 Å². The van der Waals surface area contributed by atoms with Crippen LogP contribution < -0.4 is 5.73 Å². The third-order valence-electron chi connectivity index (χ3n) is 5.14. The Kier molecular flexibility index (Phi) is 3.27. The molecule has 4 heteroatoms. The first-order valence-electron chi connectivity index (χ1n) is 7.79. The number of likely N-dealkylation sites (tertiary alicyclic amines) is 1. The number of carbonyl (C=O) groups is 1. The molecule has 2 heterocycles. The lowest BCUT2D eigenvalue weighted by Gasteiger charge is -2.39. The van der Waals surface area contributed by atoms with Crippen molar-refractivity contribution < 1.29 is 4.79 Å². The van der Waals surface area contributed by atoms with Crippen molar-refractivity contribution in [2.75, 3.05) is 18.8 Å². The molecule has 1 aliphatic heterocycles. The van der Waals surface area contributed by atoms with Gasteiger partial charge in [-0.1, -0.05) is 20.3 Å². The normalized spacial score (nSPS) is 22.0. The van der Waals surface area contributed by atoms with Crippen LogP contribution in [0.3, 0.4) is 0 Å². The predicted molar refractivity (Wildman–Crippen MR) is 80.7 cm³/mol. The summed E-state index contributed by atoms with van der Waals surface area (Å²) in [5.74, 6) is 0.159. The fraction of sp³-hybridized carbons (Fsp3) is 0.688. The number of nitrogens with two attached hydrogens (primary N) is 1. The van der Waals surface area contributed by atoms with Crippen LogP contribution in [0.1, 0.15) is 62.5 Å². The highest BCUT2D eigenvalue weighted by Gasteiger charge is 2.33. The highest BCUT2D eigenvalue weighted by atomic mass is 16.2. The number of anilines is 1. The number of rotatable bonds is 3. The molecule has 1 saturated carbocycles. The van der Waals surface area contributed by atoms with Crippen molar-refractivity contribution in [1.29, 1.82) is 0 Å². The maximum atomic E-state index is 12.7. The third kappa shape index (κ3) is 2.43. The molecule has 0 atom stereocenters. The average molecular weight is 275 g/mol. The fourth-order valence-corrected chi connectivity index (χ4v) is 3.09. The molecule has 2 fully saturated rings. The zero-order valence-electron chi connectivity index (χ0n) is 12.6. The lowest BCUT2D eigenvalue weighted by atomic mass is 9.78. The number of nitrogen functional groups attached to an aromatic ring is 1. The molecule has 0 spiro atoms. The van der Waals surface area contributed by atoms with Gasteiger partial charge in [0.05, 0.1) is 5.69 Å². The van der Waals surface area contributed by atoms with E-state index in [1.54, 1.807) is 0 Å². The fourth-order valence-electron chi connectivity index (χ4n) is 3.09. The van der Waals surface area contributed by atoms with E-state index in [0.29, 0.717) is 17.1 Å². The molecule has 20 heavy (non-hydrogen) atoms. The smallest absolute Gasteiger partial charge is 0.270 e. The standard InChI is InChI=1S/C16H25N3O/c1-3-16(2)6-8-18(9-7-16)15(20)14-10-12(17)11-19(14)13-4-5-13/h10-11,13H,3-9,17H2,1-2H3. The van der Waals surface area contributed by atoms with Crippen molar-refractivity contribution in [3.63, 3.8) is 0 Å². The van der Waals surface area contributed by atoms with E-state index in [1.807, 2.05) is 17.2 Å². The second-order valence-electron chi connectivity index (χ2n) is 6.75. The second-order valence-corrected chi connectivity index (χ2v) is 6.75. The molecule has 0 radical (unpaired) electrons. The highest BCUT2D eigenvalue weighted by molar-refractivity contribution is 5.94. The molecular formula is C16H25N3O. The number of amides is 1. The van der Waals surface area contributed by atoms with Gasteiger partial charge in [0.15, 0.2) is 0 Å². The minimum Gasteiger partial charge on any atom is -0.397 e. The molecule has 1 saturated heterocycles. The molecule has 0 aromatic carbocycles. The Morgan fingerprint density at radius 2 is 2.05 bits per heavy atom. The zero-order valence-corrected chi connectivity index (χ0v) is 12.6. The molecule has 1 aromatic rings. The van der Waals surface area contributed by atoms with E-state index in [0.717, 1.165) is 31.6 Å². The Bertz CT molecular complexity index is 508. The monoisotopic (exact) mass is 275 g/mol. The maximum absolute atomic E-state index is 12.7. The van der Waals surface area contributed by atoms with Crippen molar-refractivity contribution in [2.24, 2.45) is 5.41 Å². The summed E-state index contributed by atoms with van der Waals surface area (Å²) in [6, 6.07) is 2.34. The van der Waals surface area contributed by atoms with Crippen LogP contribution in [0.15, 0.2) is 12.3 Å². The van der Waals surface area contributed by atoms with E-state index in [4.69, 9.17) is 5.73 Å². The molecule has 2 N–H and O–H groups in total. The molecule has 4 nitrogen and oxygen atoms in total. The number of carbonyl (C=O) groups excluding carboxylic acids is 1. The van der Waals surface area contributed by atoms with Crippen LogP contribution in [0.25, 0.3) is 0 Å². The van der Waals surface area contributed by atoms with Crippen molar-refractivity contribution in [2.45, 2.75) is 52.0 Å². The van der Waals surface area contributed by atoms with Gasteiger partial charge < -0.3 is 15.2 Å². The number of piperidine rings is 1. The van der Waals surface area contributed by atoms with Crippen molar-refractivity contribution in [3.05, 3.63) is 18.0 Å². The van der Waals surface area contributed by atoms with Gasteiger partial charge in [0, 0.05) is 25.3 Å². The van der Waals surface area contributed by atoms with Gasteiger partial charge in [-0.25, -0.2) is 0 Å². The molecule has 2 aliphatic rings. The molecular weight excluding hydrogens is 250 g/mol. The van der Waals surface area contributed by atoms with E-state index in [1.165, 1.54) is 19.3 Å². The first kappa shape index (κ1) is 13.5. The Balaban J connectivity index is 1.74. The van der Waals surface area contributed by atoms with Crippen molar-refractivity contribution in [1.82, 2.24) is 9.47 Å². The molecule has 110 valence electrons. The molecule has 0 bridgehead atoms. The topological polar surface area (TPSA) is 51.3 Å². The lowest BCUT2D eigenvalue weighted by molar-refractivity contribution is 0.0589. The number of aromatic nitrogens is 1. The average Bonchev–Trinajstić information content (AvgIpc) is 3.22. The van der Waals surface area contributed by atoms with E-state index in [2.05, 4.69) is 18.4 Å². The third-order valence-corrected chi connectivity index (χ3v) is 5.14. The summed E-state index contributed by atoms with van der Waals surface area (Å²) in [6.45, 7) is 6.33. The van der Waals surface area contributed by atoms with Crippen LogP contribution in [0, 0.1) is 5.41 Å². The SMILES string of the molecule is CCC1(C)CCN(C(=O)c2cc(N)cn2C2CC2)CC1. The van der Waals surface area contributed by atoms with Gasteiger partial charge in [-0.2, -0.15) is 0 Å². The van der Waals surface area contributed by atoms with E-state index in [-0.39, 0.29) is 5.91 Å². The summed E-state index contributed by atoms with van der Waals surface area (Å²) in [7, 11) is 0. The van der Waals surface area contributed by atoms with Crippen LogP contribution in [0.5, 0.6) is 0 Å². The predicted octanol–water partition coefficient (Wildman–Crippen LogP) is 3.06. The molecule has 1 aliphatic carbocycles. The maximum Gasteiger partial charge on any atom is 0.270 e. The largest absolute Gasteiger partial charge is 0.397 e. The van der Waals surface area contributed by atoms with Crippen molar-refractivity contribution in [3.8, 4) is 0 Å². The number of nitrogens with zero attached hydrogens (tertiary/aromatic N) is 2. The minimum atomic E-state index is 0.159. The van der Waals surface area contributed by atoms with Gasteiger partial charge in [-0.3, -0.25) is 4.79 Å². The Labute approximate surface area is 120 Å².